The summed E-state index contributed by atoms with van der Waals surface area (Å²) in [4.78, 5) is -1.12. The van der Waals surface area contributed by atoms with Gasteiger partial charge in [0, 0.05) is 0 Å². The summed E-state index contributed by atoms with van der Waals surface area (Å²) in [6, 6.07) is 0. The van der Waals surface area contributed by atoms with Gasteiger partial charge in [-0.1, -0.05) is 0 Å². The number of hydrogen-bond acceptors (Lipinski definition) is 0. The van der Waals surface area contributed by atoms with Gasteiger partial charge in [-0.15, -0.1) is 46.4 Å². The Morgan fingerprint density at radius 1 is 0.556 bits per heavy atom. The molecule has 0 bridgehead atoms. The standard InChI is InChI=1S/C5Cl4/c6-2-1-3(2,7)5(1,9)4(1,2)8. The maximum absolute atomic E-state index is 5.96. The van der Waals surface area contributed by atoms with Gasteiger partial charge < -0.3 is 0 Å². The van der Waals surface area contributed by atoms with Crippen LogP contribution in [0, 0.1) is 5.41 Å². The Morgan fingerprint density at radius 3 is 0.778 bits per heavy atom. The van der Waals surface area contributed by atoms with E-state index >= 15 is 0 Å². The maximum Gasteiger partial charge on any atom is 0.0990 e. The van der Waals surface area contributed by atoms with Crippen molar-refractivity contribution in [3.05, 3.63) is 0 Å². The van der Waals surface area contributed by atoms with Crippen LogP contribution in [0.1, 0.15) is 0 Å². The molecular weight excluding hydrogens is 202 g/mol. The zero-order valence-electron chi connectivity index (χ0n) is 4.01. The number of rotatable bonds is 0. The quantitative estimate of drug-likeness (QED) is 0.526. The van der Waals surface area contributed by atoms with Crippen LogP contribution < -0.4 is 0 Å². The van der Waals surface area contributed by atoms with Crippen molar-refractivity contribution in [2.75, 3.05) is 0 Å². The zero-order valence-corrected chi connectivity index (χ0v) is 7.04. The van der Waals surface area contributed by atoms with Crippen molar-refractivity contribution in [3.8, 4) is 0 Å². The molecule has 0 amide bonds. The monoisotopic (exact) mass is 200 g/mol. The van der Waals surface area contributed by atoms with Gasteiger partial charge in [0.1, 0.15) is 0 Å². The highest BCUT2D eigenvalue weighted by Crippen LogP contribution is 3.36. The van der Waals surface area contributed by atoms with E-state index in [2.05, 4.69) is 0 Å². The second kappa shape index (κ2) is 0.628. The van der Waals surface area contributed by atoms with Gasteiger partial charge in [0.15, 0.2) is 0 Å². The molecule has 4 heteroatoms. The van der Waals surface area contributed by atoms with Gasteiger partial charge in [-0.2, -0.15) is 0 Å². The van der Waals surface area contributed by atoms with Crippen molar-refractivity contribution >= 4 is 46.4 Å². The van der Waals surface area contributed by atoms with Gasteiger partial charge in [-0.25, -0.2) is 0 Å². The lowest BCUT2D eigenvalue weighted by Crippen LogP contribution is -2.52. The van der Waals surface area contributed by atoms with Crippen LogP contribution >= 0.6 is 46.4 Å². The van der Waals surface area contributed by atoms with Crippen LogP contribution in [0.15, 0.2) is 0 Å². The van der Waals surface area contributed by atoms with Gasteiger partial charge in [-0.3, -0.25) is 0 Å². The van der Waals surface area contributed by atoms with E-state index in [0.29, 0.717) is 0 Å². The first-order chi connectivity index (χ1) is 4.00. The Kier molecular flexibility index (Phi) is 0.344. The second-order valence-electron chi connectivity index (χ2n) is 3.38. The third kappa shape index (κ3) is 0.111. The molecule has 0 heterocycles. The minimum atomic E-state index is -0.280. The maximum atomic E-state index is 5.96. The van der Waals surface area contributed by atoms with Crippen molar-refractivity contribution in [2.45, 2.75) is 19.5 Å². The van der Waals surface area contributed by atoms with Gasteiger partial charge in [0.25, 0.3) is 0 Å². The van der Waals surface area contributed by atoms with Crippen LogP contribution in [0.25, 0.3) is 0 Å². The molecule has 9 heavy (non-hydrogen) atoms. The predicted molar refractivity (Wildman–Crippen MR) is 36.8 cm³/mol. The largest absolute Gasteiger partial charge is 0.114 e. The molecule has 0 unspecified atom stereocenters. The molecule has 0 aromatic rings. The van der Waals surface area contributed by atoms with E-state index in [0.717, 1.165) is 0 Å². The summed E-state index contributed by atoms with van der Waals surface area (Å²) in [5.74, 6) is 0. The fourth-order valence-corrected chi connectivity index (χ4v) is 7.14. The molecule has 0 N–H and O–H groups in total. The van der Waals surface area contributed by atoms with E-state index in [1.54, 1.807) is 0 Å². The summed E-state index contributed by atoms with van der Waals surface area (Å²) in [5.41, 5.74) is -0.0216. The molecular formula is C5Cl4. The molecule has 0 aromatic heterocycles. The Morgan fingerprint density at radius 2 is 0.778 bits per heavy atom. The zero-order chi connectivity index (χ0) is 6.50. The summed E-state index contributed by atoms with van der Waals surface area (Å²) in [6.07, 6.45) is 0. The molecule has 0 atom stereocenters. The Bertz CT molecular complexity index is 224. The molecule has 0 radical (unpaired) electrons. The van der Waals surface area contributed by atoms with Crippen LogP contribution in [0.4, 0.5) is 0 Å². The third-order valence-electron chi connectivity index (χ3n) is 3.72. The normalized spacial score (nSPS) is 108. The van der Waals surface area contributed by atoms with Crippen LogP contribution in [-0.2, 0) is 0 Å². The average molecular weight is 202 g/mol. The highest BCUT2D eigenvalue weighted by atomic mass is 35.5. The fourth-order valence-electron chi connectivity index (χ4n) is 3.06. The van der Waals surface area contributed by atoms with Gasteiger partial charge in [0.2, 0.25) is 0 Å². The predicted octanol–water partition coefficient (Wildman–Crippen LogP) is 1.94. The Balaban J connectivity index is 2.10. The Hall–Kier alpha value is 1.16. The van der Waals surface area contributed by atoms with Crippen LogP contribution in [-0.4, -0.2) is 19.5 Å². The molecule has 4 fully saturated rings. The molecule has 0 aromatic carbocycles. The van der Waals surface area contributed by atoms with Gasteiger partial charge in [0.05, 0.1) is 24.9 Å². The SMILES string of the molecule is ClC12C3(Cl)C4(Cl)C1(Cl)C234. The minimum absolute atomic E-state index is 0.0216. The minimum Gasteiger partial charge on any atom is -0.114 e. The summed E-state index contributed by atoms with van der Waals surface area (Å²) in [5, 5.41) is 0. The van der Waals surface area contributed by atoms with Crippen molar-refractivity contribution in [1.29, 1.82) is 0 Å². The molecule has 4 rings (SSSR count). The first-order valence-electron chi connectivity index (χ1n) is 2.76. The van der Waals surface area contributed by atoms with Crippen molar-refractivity contribution < 1.29 is 0 Å². The molecule has 48 valence electrons. The smallest absolute Gasteiger partial charge is 0.0990 e. The van der Waals surface area contributed by atoms with Gasteiger partial charge in [-0.05, 0) is 0 Å². The van der Waals surface area contributed by atoms with E-state index in [1.165, 1.54) is 0 Å². The number of alkyl halides is 4. The topological polar surface area (TPSA) is 0 Å². The lowest BCUT2D eigenvalue weighted by Gasteiger charge is -2.35. The molecule has 1 spiro atoms. The van der Waals surface area contributed by atoms with E-state index in [-0.39, 0.29) is 24.9 Å². The Labute approximate surface area is 71.4 Å². The lowest BCUT2D eigenvalue weighted by molar-refractivity contribution is 0.544. The van der Waals surface area contributed by atoms with E-state index in [1.807, 2.05) is 0 Å². The molecule has 4 aliphatic rings. The van der Waals surface area contributed by atoms with Crippen LogP contribution in [0.5, 0.6) is 0 Å². The van der Waals surface area contributed by atoms with Gasteiger partial charge >= 0.3 is 0 Å². The highest BCUT2D eigenvalue weighted by Gasteiger charge is 3.53. The van der Waals surface area contributed by atoms with Crippen molar-refractivity contribution in [2.24, 2.45) is 5.41 Å². The van der Waals surface area contributed by atoms with Crippen molar-refractivity contribution in [1.82, 2.24) is 0 Å². The first-order valence-corrected chi connectivity index (χ1v) is 4.27. The summed E-state index contributed by atoms with van der Waals surface area (Å²) in [6.45, 7) is 0. The summed E-state index contributed by atoms with van der Waals surface area (Å²) in [7, 11) is 0. The van der Waals surface area contributed by atoms with Crippen LogP contribution in [0.3, 0.4) is 0 Å². The fraction of sp³-hybridized carbons (Fsp3) is 1.00. The highest BCUT2D eigenvalue weighted by molar-refractivity contribution is 6.76. The number of fused-ring (bicyclic) bond motifs is 4. The number of halogens is 4. The average Bonchev–Trinajstić information content (AvgIpc) is 2.68. The van der Waals surface area contributed by atoms with E-state index in [4.69, 9.17) is 46.4 Å². The molecule has 0 saturated heterocycles. The van der Waals surface area contributed by atoms with Crippen molar-refractivity contribution in [3.63, 3.8) is 0 Å². The molecule has 0 nitrogen and oxygen atoms in total. The van der Waals surface area contributed by atoms with E-state index in [9.17, 15) is 0 Å². The van der Waals surface area contributed by atoms with Crippen LogP contribution in [0.2, 0.25) is 0 Å². The molecule has 0 aliphatic heterocycles. The summed E-state index contributed by atoms with van der Waals surface area (Å²) >= 11 is 23.8. The van der Waals surface area contributed by atoms with E-state index < -0.39 is 0 Å². The third-order valence-corrected chi connectivity index (χ3v) is 7.50. The number of hydrogen-bond donors (Lipinski definition) is 0. The molecule has 4 aliphatic carbocycles. The first kappa shape index (κ1) is 4.92. The molecule has 4 saturated carbocycles. The lowest BCUT2D eigenvalue weighted by atomic mass is 9.97. The summed E-state index contributed by atoms with van der Waals surface area (Å²) < 4.78 is 0. The second-order valence-corrected chi connectivity index (χ2v) is 5.65.